The van der Waals surface area contributed by atoms with Crippen molar-refractivity contribution < 1.29 is 4.74 Å². The van der Waals surface area contributed by atoms with E-state index in [1.807, 2.05) is 37.3 Å². The Balaban J connectivity index is 2.09. The van der Waals surface area contributed by atoms with E-state index in [-0.39, 0.29) is 5.95 Å². The van der Waals surface area contributed by atoms with Crippen LogP contribution in [0.2, 0.25) is 0 Å². The molecule has 0 saturated heterocycles. The predicted molar refractivity (Wildman–Crippen MR) is 80.8 cm³/mol. The molecule has 2 N–H and O–H groups in total. The second-order valence-corrected chi connectivity index (χ2v) is 6.17. The monoisotopic (exact) mass is 335 g/mol. The van der Waals surface area contributed by atoms with Gasteiger partial charge in [0.05, 0.1) is 5.39 Å². The molecule has 0 aliphatic heterocycles. The smallest absolute Gasteiger partial charge is 0.232 e. The Kier molecular flexibility index (Phi) is 3.12. The second kappa shape index (κ2) is 4.79. The van der Waals surface area contributed by atoms with Crippen LogP contribution in [0, 0.1) is 6.92 Å². The van der Waals surface area contributed by atoms with Gasteiger partial charge in [-0.2, -0.15) is 4.98 Å². The molecule has 2 heterocycles. The zero-order valence-corrected chi connectivity index (χ0v) is 12.5. The van der Waals surface area contributed by atoms with Crippen LogP contribution in [0.25, 0.3) is 10.2 Å². The van der Waals surface area contributed by atoms with Crippen molar-refractivity contribution >= 4 is 43.4 Å². The Morgan fingerprint density at radius 2 is 2.11 bits per heavy atom. The SMILES string of the molecule is Cc1cc2c(Oc3cccc(Br)c3)nc(N)nc2s1. The first-order chi connectivity index (χ1) is 9.11. The molecular formula is C13H10BrN3OS. The van der Waals surface area contributed by atoms with Gasteiger partial charge in [-0.15, -0.1) is 11.3 Å². The maximum atomic E-state index is 5.81. The van der Waals surface area contributed by atoms with Gasteiger partial charge in [-0.3, -0.25) is 0 Å². The zero-order chi connectivity index (χ0) is 13.4. The van der Waals surface area contributed by atoms with Gasteiger partial charge in [0, 0.05) is 9.35 Å². The summed E-state index contributed by atoms with van der Waals surface area (Å²) >= 11 is 4.98. The van der Waals surface area contributed by atoms with E-state index in [4.69, 9.17) is 10.5 Å². The fraction of sp³-hybridized carbons (Fsp3) is 0.0769. The number of benzene rings is 1. The van der Waals surface area contributed by atoms with Crippen LogP contribution in [0.4, 0.5) is 5.95 Å². The first-order valence-corrected chi connectivity index (χ1v) is 7.20. The van der Waals surface area contributed by atoms with Crippen molar-refractivity contribution in [3.8, 4) is 11.6 Å². The number of nitrogen functional groups attached to an aromatic ring is 1. The summed E-state index contributed by atoms with van der Waals surface area (Å²) in [5.74, 6) is 1.42. The lowest BCUT2D eigenvalue weighted by Crippen LogP contribution is -1.97. The molecule has 0 bridgehead atoms. The number of fused-ring (bicyclic) bond motifs is 1. The highest BCUT2D eigenvalue weighted by Crippen LogP contribution is 2.33. The summed E-state index contributed by atoms with van der Waals surface area (Å²) in [5, 5.41) is 0.886. The van der Waals surface area contributed by atoms with Gasteiger partial charge in [0.25, 0.3) is 0 Å². The molecule has 0 unspecified atom stereocenters. The molecule has 3 rings (SSSR count). The van der Waals surface area contributed by atoms with Gasteiger partial charge < -0.3 is 10.5 Å². The molecule has 0 fully saturated rings. The number of aromatic nitrogens is 2. The second-order valence-electron chi connectivity index (χ2n) is 4.02. The first-order valence-electron chi connectivity index (χ1n) is 5.59. The Hall–Kier alpha value is -1.66. The van der Waals surface area contributed by atoms with Crippen molar-refractivity contribution in [2.24, 2.45) is 0 Å². The molecule has 3 aromatic rings. The maximum absolute atomic E-state index is 5.81. The van der Waals surface area contributed by atoms with E-state index in [2.05, 4.69) is 25.9 Å². The summed E-state index contributed by atoms with van der Waals surface area (Å²) in [4.78, 5) is 10.4. The standard InChI is InChI=1S/C13H10BrN3OS/c1-7-5-10-11(16-13(15)17-12(10)19-7)18-9-4-2-3-8(14)6-9/h2-6H,1H3,(H2,15,16,17). The van der Waals surface area contributed by atoms with Gasteiger partial charge >= 0.3 is 0 Å². The number of thiophene rings is 1. The van der Waals surface area contributed by atoms with Crippen molar-refractivity contribution in [3.05, 3.63) is 39.7 Å². The number of hydrogen-bond donors (Lipinski definition) is 1. The third kappa shape index (κ3) is 2.54. The molecule has 0 atom stereocenters. The van der Waals surface area contributed by atoms with E-state index < -0.39 is 0 Å². The average molecular weight is 336 g/mol. The molecule has 2 aromatic heterocycles. The number of ether oxygens (including phenoxy) is 1. The van der Waals surface area contributed by atoms with Crippen LogP contribution in [0.3, 0.4) is 0 Å². The quantitative estimate of drug-likeness (QED) is 0.764. The molecule has 0 amide bonds. The van der Waals surface area contributed by atoms with E-state index in [0.29, 0.717) is 11.6 Å². The minimum absolute atomic E-state index is 0.222. The average Bonchev–Trinajstić information content (AvgIpc) is 2.69. The lowest BCUT2D eigenvalue weighted by molar-refractivity contribution is 0.469. The van der Waals surface area contributed by atoms with Crippen molar-refractivity contribution in [1.29, 1.82) is 0 Å². The molecular weight excluding hydrogens is 326 g/mol. The van der Waals surface area contributed by atoms with Crippen molar-refractivity contribution in [2.45, 2.75) is 6.92 Å². The minimum Gasteiger partial charge on any atom is -0.438 e. The van der Waals surface area contributed by atoms with Crippen LogP contribution in [-0.2, 0) is 0 Å². The van der Waals surface area contributed by atoms with E-state index in [1.54, 1.807) is 11.3 Å². The first kappa shape index (κ1) is 12.4. The van der Waals surface area contributed by atoms with Crippen LogP contribution in [-0.4, -0.2) is 9.97 Å². The summed E-state index contributed by atoms with van der Waals surface area (Å²) in [6.07, 6.45) is 0. The zero-order valence-electron chi connectivity index (χ0n) is 10.1. The lowest BCUT2D eigenvalue weighted by Gasteiger charge is -2.06. The van der Waals surface area contributed by atoms with Crippen LogP contribution in [0.1, 0.15) is 4.88 Å². The minimum atomic E-state index is 0.222. The molecule has 6 heteroatoms. The van der Waals surface area contributed by atoms with Crippen LogP contribution in [0.5, 0.6) is 11.6 Å². The number of aryl methyl sites for hydroxylation is 1. The van der Waals surface area contributed by atoms with Gasteiger partial charge in [0.15, 0.2) is 0 Å². The van der Waals surface area contributed by atoms with Crippen molar-refractivity contribution in [1.82, 2.24) is 9.97 Å². The number of rotatable bonds is 2. The fourth-order valence-electron chi connectivity index (χ4n) is 1.75. The topological polar surface area (TPSA) is 61.0 Å². The van der Waals surface area contributed by atoms with Crippen molar-refractivity contribution in [2.75, 3.05) is 5.73 Å². The molecule has 4 nitrogen and oxygen atoms in total. The Labute approximate surface area is 122 Å². The highest BCUT2D eigenvalue weighted by molar-refractivity contribution is 9.10. The maximum Gasteiger partial charge on any atom is 0.232 e. The third-order valence-electron chi connectivity index (χ3n) is 2.51. The number of nitrogens with two attached hydrogens (primary N) is 1. The van der Waals surface area contributed by atoms with Gasteiger partial charge in [0.2, 0.25) is 11.8 Å². The van der Waals surface area contributed by atoms with Crippen LogP contribution >= 0.6 is 27.3 Å². The summed E-state index contributed by atoms with van der Waals surface area (Å²) in [5.41, 5.74) is 5.71. The summed E-state index contributed by atoms with van der Waals surface area (Å²) in [7, 11) is 0. The Morgan fingerprint density at radius 1 is 1.26 bits per heavy atom. The molecule has 0 radical (unpaired) electrons. The summed E-state index contributed by atoms with van der Waals surface area (Å²) < 4.78 is 6.76. The van der Waals surface area contributed by atoms with Crippen LogP contribution in [0.15, 0.2) is 34.8 Å². The number of nitrogens with zero attached hydrogens (tertiary/aromatic N) is 2. The Bertz CT molecular complexity index is 757. The van der Waals surface area contributed by atoms with Gasteiger partial charge in [0.1, 0.15) is 10.6 Å². The molecule has 19 heavy (non-hydrogen) atoms. The lowest BCUT2D eigenvalue weighted by atomic mass is 10.3. The summed E-state index contributed by atoms with van der Waals surface area (Å²) in [6.45, 7) is 2.02. The molecule has 0 spiro atoms. The molecule has 1 aromatic carbocycles. The van der Waals surface area contributed by atoms with E-state index >= 15 is 0 Å². The highest BCUT2D eigenvalue weighted by Gasteiger charge is 2.11. The third-order valence-corrected chi connectivity index (χ3v) is 3.95. The van der Waals surface area contributed by atoms with E-state index in [0.717, 1.165) is 19.6 Å². The Morgan fingerprint density at radius 3 is 2.89 bits per heavy atom. The summed E-state index contributed by atoms with van der Waals surface area (Å²) in [6, 6.07) is 9.59. The molecule has 0 saturated carbocycles. The number of hydrogen-bond acceptors (Lipinski definition) is 5. The largest absolute Gasteiger partial charge is 0.438 e. The van der Waals surface area contributed by atoms with Gasteiger partial charge in [-0.05, 0) is 31.2 Å². The predicted octanol–water partition coefficient (Wildman–Crippen LogP) is 4.14. The molecule has 0 aliphatic carbocycles. The normalized spacial score (nSPS) is 10.8. The molecule has 96 valence electrons. The fourth-order valence-corrected chi connectivity index (χ4v) is 3.01. The van der Waals surface area contributed by atoms with Gasteiger partial charge in [-0.1, -0.05) is 22.0 Å². The van der Waals surface area contributed by atoms with Crippen molar-refractivity contribution in [3.63, 3.8) is 0 Å². The van der Waals surface area contributed by atoms with E-state index in [9.17, 15) is 0 Å². The van der Waals surface area contributed by atoms with Crippen LogP contribution < -0.4 is 10.5 Å². The highest BCUT2D eigenvalue weighted by atomic mass is 79.9. The van der Waals surface area contributed by atoms with E-state index in [1.165, 1.54) is 0 Å². The number of halogens is 1. The van der Waals surface area contributed by atoms with Gasteiger partial charge in [-0.25, -0.2) is 4.98 Å². The molecule has 0 aliphatic rings. The number of anilines is 1.